The van der Waals surface area contributed by atoms with Crippen LogP contribution in [0.4, 0.5) is 0 Å². The number of carbonyl (C=O) groups is 2. The third-order valence-electron chi connectivity index (χ3n) is 4.30. The maximum atomic E-state index is 12.8. The van der Waals surface area contributed by atoms with E-state index >= 15 is 0 Å². The number of carbonyl (C=O) groups excluding carboxylic acids is 2. The van der Waals surface area contributed by atoms with E-state index in [9.17, 15) is 9.59 Å². The Balaban J connectivity index is 2.41. The Labute approximate surface area is 136 Å². The van der Waals surface area contributed by atoms with Crippen LogP contribution in [-0.4, -0.2) is 37.9 Å². The third-order valence-corrected chi connectivity index (χ3v) is 4.30. The summed E-state index contributed by atoms with van der Waals surface area (Å²) in [6, 6.07) is 9.48. The molecule has 5 nitrogen and oxygen atoms in total. The molecule has 2 rings (SSSR count). The quantitative estimate of drug-likeness (QED) is 0.571. The fourth-order valence-corrected chi connectivity index (χ4v) is 3.20. The summed E-state index contributed by atoms with van der Waals surface area (Å²) in [7, 11) is 1.31. The Morgan fingerprint density at radius 2 is 1.83 bits per heavy atom. The number of ketones is 1. The van der Waals surface area contributed by atoms with Gasteiger partial charge in [0.15, 0.2) is 5.79 Å². The molecule has 1 aromatic carbocycles. The van der Waals surface area contributed by atoms with Gasteiger partial charge in [-0.3, -0.25) is 9.59 Å². The summed E-state index contributed by atoms with van der Waals surface area (Å²) in [5.41, 5.74) is -0.398. The van der Waals surface area contributed by atoms with Gasteiger partial charge in [-0.05, 0) is 18.9 Å². The van der Waals surface area contributed by atoms with Crippen molar-refractivity contribution in [1.29, 1.82) is 0 Å². The van der Waals surface area contributed by atoms with E-state index in [-0.39, 0.29) is 25.0 Å². The van der Waals surface area contributed by atoms with Crippen LogP contribution in [0.25, 0.3) is 0 Å². The van der Waals surface area contributed by atoms with Crippen LogP contribution in [-0.2, 0) is 30.2 Å². The van der Waals surface area contributed by atoms with E-state index in [1.807, 2.05) is 30.3 Å². The van der Waals surface area contributed by atoms with Crippen LogP contribution in [0.1, 0.15) is 32.3 Å². The zero-order valence-electron chi connectivity index (χ0n) is 14.0. The molecule has 5 heteroatoms. The number of benzene rings is 1. The molecule has 1 atom stereocenters. The second-order valence-corrected chi connectivity index (χ2v) is 6.02. The average Bonchev–Trinajstić information content (AvgIpc) is 2.99. The summed E-state index contributed by atoms with van der Waals surface area (Å²) in [5, 5.41) is 0. The van der Waals surface area contributed by atoms with E-state index in [2.05, 4.69) is 0 Å². The molecule has 0 aromatic heterocycles. The lowest BCUT2D eigenvalue weighted by molar-refractivity contribution is -0.186. The van der Waals surface area contributed by atoms with Crippen molar-refractivity contribution in [3.63, 3.8) is 0 Å². The Hall–Kier alpha value is -1.72. The highest BCUT2D eigenvalue weighted by molar-refractivity contribution is 6.04. The lowest BCUT2D eigenvalue weighted by Gasteiger charge is -2.35. The number of hydrogen-bond donors (Lipinski definition) is 0. The smallest absolute Gasteiger partial charge is 0.319 e. The summed E-state index contributed by atoms with van der Waals surface area (Å²) in [6.45, 7) is 4.44. The Kier molecular flexibility index (Phi) is 5.55. The molecule has 1 fully saturated rings. The molecule has 0 radical (unpaired) electrons. The first-order chi connectivity index (χ1) is 11.0. The number of hydrogen-bond acceptors (Lipinski definition) is 5. The fraction of sp³-hybridized carbons (Fsp3) is 0.556. The van der Waals surface area contributed by atoms with Crippen molar-refractivity contribution in [2.24, 2.45) is 5.41 Å². The van der Waals surface area contributed by atoms with Crippen molar-refractivity contribution in [2.45, 2.75) is 38.9 Å². The largest absolute Gasteiger partial charge is 0.468 e. The minimum Gasteiger partial charge on any atom is -0.468 e. The van der Waals surface area contributed by atoms with Gasteiger partial charge in [-0.15, -0.1) is 0 Å². The maximum absolute atomic E-state index is 12.8. The normalized spacial score (nSPS) is 19.1. The van der Waals surface area contributed by atoms with Gasteiger partial charge in [-0.2, -0.15) is 0 Å². The van der Waals surface area contributed by atoms with E-state index < -0.39 is 17.2 Å². The van der Waals surface area contributed by atoms with Crippen LogP contribution in [0.15, 0.2) is 30.3 Å². The second-order valence-electron chi connectivity index (χ2n) is 6.02. The van der Waals surface area contributed by atoms with Crippen LogP contribution in [0.5, 0.6) is 0 Å². The van der Waals surface area contributed by atoms with Gasteiger partial charge in [0.25, 0.3) is 0 Å². The van der Waals surface area contributed by atoms with E-state index in [0.29, 0.717) is 13.2 Å². The molecular formula is C18H24O5. The second kappa shape index (κ2) is 7.23. The highest BCUT2D eigenvalue weighted by atomic mass is 16.7. The molecule has 0 saturated carbocycles. The van der Waals surface area contributed by atoms with Gasteiger partial charge in [0.1, 0.15) is 11.2 Å². The minimum absolute atomic E-state index is 0.147. The van der Waals surface area contributed by atoms with Crippen molar-refractivity contribution < 1.29 is 23.8 Å². The van der Waals surface area contributed by atoms with Crippen molar-refractivity contribution in [2.75, 3.05) is 20.3 Å². The molecule has 1 aliphatic rings. The number of esters is 1. The summed E-state index contributed by atoms with van der Waals surface area (Å²) in [6.07, 6.45) is 0.668. The monoisotopic (exact) mass is 320 g/mol. The Bertz CT molecular complexity index is 530. The standard InChI is InChI=1S/C18H24O5/c1-4-15(19)18(16(20)21-3,12-14-8-6-5-7-9-14)13-17(2)22-10-11-23-17/h5-9H,4,10-13H2,1-3H3. The van der Waals surface area contributed by atoms with Crippen molar-refractivity contribution in [3.8, 4) is 0 Å². The zero-order chi connectivity index (χ0) is 16.9. The molecule has 0 amide bonds. The molecule has 0 bridgehead atoms. The van der Waals surface area contributed by atoms with Crippen LogP contribution >= 0.6 is 0 Å². The minimum atomic E-state index is -1.30. The lowest BCUT2D eigenvalue weighted by Crippen LogP contribution is -2.48. The molecule has 1 unspecified atom stereocenters. The topological polar surface area (TPSA) is 61.8 Å². The molecule has 1 saturated heterocycles. The number of methoxy groups -OCH3 is 1. The highest BCUT2D eigenvalue weighted by Gasteiger charge is 2.52. The van der Waals surface area contributed by atoms with Crippen LogP contribution in [0.2, 0.25) is 0 Å². The van der Waals surface area contributed by atoms with E-state index in [1.54, 1.807) is 13.8 Å². The van der Waals surface area contributed by atoms with Crippen LogP contribution < -0.4 is 0 Å². The zero-order valence-corrected chi connectivity index (χ0v) is 14.0. The average molecular weight is 320 g/mol. The fourth-order valence-electron chi connectivity index (χ4n) is 3.20. The van der Waals surface area contributed by atoms with Crippen molar-refractivity contribution >= 4 is 11.8 Å². The first kappa shape index (κ1) is 17.6. The SMILES string of the molecule is CCC(=O)C(Cc1ccccc1)(CC1(C)OCCO1)C(=O)OC. The van der Waals surface area contributed by atoms with Crippen LogP contribution in [0, 0.1) is 5.41 Å². The molecule has 23 heavy (non-hydrogen) atoms. The predicted octanol–water partition coefficient (Wildman–Crippen LogP) is 2.52. The summed E-state index contributed by atoms with van der Waals surface area (Å²) in [4.78, 5) is 25.4. The summed E-state index contributed by atoms with van der Waals surface area (Å²) < 4.78 is 16.3. The van der Waals surface area contributed by atoms with Gasteiger partial charge in [0.2, 0.25) is 0 Å². The van der Waals surface area contributed by atoms with Gasteiger partial charge in [-0.25, -0.2) is 0 Å². The Morgan fingerprint density at radius 3 is 2.35 bits per heavy atom. The number of rotatable bonds is 7. The molecule has 0 aliphatic carbocycles. The van der Waals surface area contributed by atoms with Crippen LogP contribution in [0.3, 0.4) is 0 Å². The number of ether oxygens (including phenoxy) is 3. The van der Waals surface area contributed by atoms with Gasteiger partial charge < -0.3 is 14.2 Å². The van der Waals surface area contributed by atoms with Gasteiger partial charge in [0, 0.05) is 12.8 Å². The molecule has 1 heterocycles. The summed E-state index contributed by atoms with van der Waals surface area (Å²) in [5.74, 6) is -1.64. The van der Waals surface area contributed by atoms with E-state index in [1.165, 1.54) is 7.11 Å². The molecule has 1 aliphatic heterocycles. The molecule has 1 aromatic rings. The first-order valence-electron chi connectivity index (χ1n) is 7.89. The molecular weight excluding hydrogens is 296 g/mol. The van der Waals surface area contributed by atoms with Gasteiger partial charge >= 0.3 is 5.97 Å². The highest BCUT2D eigenvalue weighted by Crippen LogP contribution is 2.39. The third kappa shape index (κ3) is 3.79. The van der Waals surface area contributed by atoms with E-state index in [4.69, 9.17) is 14.2 Å². The predicted molar refractivity (Wildman–Crippen MR) is 84.8 cm³/mol. The van der Waals surface area contributed by atoms with Crippen molar-refractivity contribution in [1.82, 2.24) is 0 Å². The van der Waals surface area contributed by atoms with Gasteiger partial charge in [-0.1, -0.05) is 37.3 Å². The summed E-state index contributed by atoms with van der Waals surface area (Å²) >= 11 is 0. The Morgan fingerprint density at radius 1 is 1.22 bits per heavy atom. The number of Topliss-reactive ketones (excluding diaryl/α,β-unsaturated/α-hetero) is 1. The van der Waals surface area contributed by atoms with Crippen molar-refractivity contribution in [3.05, 3.63) is 35.9 Å². The molecule has 0 N–H and O–H groups in total. The van der Waals surface area contributed by atoms with E-state index in [0.717, 1.165) is 5.56 Å². The maximum Gasteiger partial charge on any atom is 0.319 e. The molecule has 126 valence electrons. The lowest BCUT2D eigenvalue weighted by atomic mass is 9.72. The molecule has 0 spiro atoms. The first-order valence-corrected chi connectivity index (χ1v) is 7.89. The van der Waals surface area contributed by atoms with Gasteiger partial charge in [0.05, 0.1) is 20.3 Å².